The summed E-state index contributed by atoms with van der Waals surface area (Å²) >= 11 is 9.33. The normalized spacial score (nSPS) is 10.8. The topological polar surface area (TPSA) is 34.9 Å². The third kappa shape index (κ3) is 2.72. The molecule has 0 aliphatic carbocycles. The molecule has 1 heterocycles. The van der Waals surface area contributed by atoms with E-state index in [-0.39, 0.29) is 12.1 Å². The Morgan fingerprint density at radius 3 is 2.74 bits per heavy atom. The molecule has 1 aromatic heterocycles. The van der Waals surface area contributed by atoms with Gasteiger partial charge >= 0.3 is 5.69 Å². The monoisotopic (exact) mass is 344 g/mol. The molecule has 0 spiro atoms. The SMILES string of the molecule is Cc1nc(=O)n(Cc2c(F)cccc2Cl)c(C)c1Br. The van der Waals surface area contributed by atoms with Gasteiger partial charge in [-0.3, -0.25) is 4.57 Å². The van der Waals surface area contributed by atoms with E-state index >= 15 is 0 Å². The number of nitrogens with zero attached hydrogens (tertiary/aromatic N) is 2. The third-order valence-electron chi connectivity index (χ3n) is 2.91. The van der Waals surface area contributed by atoms with Gasteiger partial charge in [0.25, 0.3) is 0 Å². The van der Waals surface area contributed by atoms with Crippen LogP contribution in [0.3, 0.4) is 0 Å². The van der Waals surface area contributed by atoms with Gasteiger partial charge in [-0.2, -0.15) is 4.98 Å². The molecule has 0 N–H and O–H groups in total. The predicted octanol–water partition coefficient (Wildman–Crippen LogP) is 3.46. The first-order chi connectivity index (χ1) is 8.91. The largest absolute Gasteiger partial charge is 0.348 e. The summed E-state index contributed by atoms with van der Waals surface area (Å²) in [6.45, 7) is 3.57. The molecule has 2 rings (SSSR count). The Morgan fingerprint density at radius 1 is 1.42 bits per heavy atom. The summed E-state index contributed by atoms with van der Waals surface area (Å²) in [5.74, 6) is -0.435. The van der Waals surface area contributed by atoms with Gasteiger partial charge in [-0.05, 0) is 41.9 Å². The Balaban J connectivity index is 2.57. The molecule has 19 heavy (non-hydrogen) atoms. The first-order valence-corrected chi connectivity index (χ1v) is 6.75. The van der Waals surface area contributed by atoms with Crippen LogP contribution in [0.25, 0.3) is 0 Å². The van der Waals surface area contributed by atoms with Crippen LogP contribution in [-0.2, 0) is 6.54 Å². The lowest BCUT2D eigenvalue weighted by Crippen LogP contribution is -2.27. The Kier molecular flexibility index (Phi) is 4.06. The third-order valence-corrected chi connectivity index (χ3v) is 4.41. The van der Waals surface area contributed by atoms with Crippen LogP contribution in [0.2, 0.25) is 5.02 Å². The lowest BCUT2D eigenvalue weighted by Gasteiger charge is -2.13. The molecule has 0 fully saturated rings. The predicted molar refractivity (Wildman–Crippen MR) is 76.2 cm³/mol. The smallest absolute Gasteiger partial charge is 0.291 e. The second-order valence-electron chi connectivity index (χ2n) is 4.17. The van der Waals surface area contributed by atoms with Gasteiger partial charge < -0.3 is 0 Å². The molecule has 0 radical (unpaired) electrons. The number of aryl methyl sites for hydroxylation is 1. The molecule has 0 saturated carbocycles. The van der Waals surface area contributed by atoms with Crippen LogP contribution in [0.5, 0.6) is 0 Å². The van der Waals surface area contributed by atoms with E-state index in [1.54, 1.807) is 19.9 Å². The Morgan fingerprint density at radius 2 is 2.11 bits per heavy atom. The maximum atomic E-state index is 13.7. The van der Waals surface area contributed by atoms with Crippen LogP contribution in [0.4, 0.5) is 4.39 Å². The summed E-state index contributed by atoms with van der Waals surface area (Å²) in [7, 11) is 0. The van der Waals surface area contributed by atoms with Gasteiger partial charge in [0.1, 0.15) is 5.82 Å². The summed E-state index contributed by atoms with van der Waals surface area (Å²) in [5.41, 5.74) is 1.17. The first kappa shape index (κ1) is 14.2. The zero-order valence-corrected chi connectivity index (χ0v) is 12.7. The minimum absolute atomic E-state index is 0.0576. The van der Waals surface area contributed by atoms with Crippen LogP contribution in [0.15, 0.2) is 27.5 Å². The number of halogens is 3. The molecule has 0 amide bonds. The van der Waals surface area contributed by atoms with Crippen molar-refractivity contribution in [1.82, 2.24) is 9.55 Å². The maximum absolute atomic E-state index is 13.7. The van der Waals surface area contributed by atoms with E-state index in [2.05, 4.69) is 20.9 Å². The van der Waals surface area contributed by atoms with Crippen molar-refractivity contribution in [3.05, 3.63) is 60.9 Å². The number of hydrogen-bond donors (Lipinski definition) is 0. The van der Waals surface area contributed by atoms with Crippen LogP contribution >= 0.6 is 27.5 Å². The van der Waals surface area contributed by atoms with Gasteiger partial charge in [-0.15, -0.1) is 0 Å². The highest BCUT2D eigenvalue weighted by Gasteiger charge is 2.13. The van der Waals surface area contributed by atoms with E-state index in [0.717, 1.165) is 4.47 Å². The standard InChI is InChI=1S/C13H11BrClFN2O/c1-7-12(14)8(2)18(13(19)17-7)6-9-10(15)4-3-5-11(9)16/h3-5H,6H2,1-2H3. The summed E-state index contributed by atoms with van der Waals surface area (Å²) < 4.78 is 15.9. The van der Waals surface area contributed by atoms with Crippen molar-refractivity contribution in [1.29, 1.82) is 0 Å². The molecular formula is C13H11BrClFN2O. The average Bonchev–Trinajstić information content (AvgIpc) is 2.35. The minimum Gasteiger partial charge on any atom is -0.291 e. The molecule has 6 heteroatoms. The van der Waals surface area contributed by atoms with Crippen LogP contribution in [0, 0.1) is 19.7 Å². The summed E-state index contributed by atoms with van der Waals surface area (Å²) in [5, 5.41) is 0.294. The molecule has 1 aromatic carbocycles. The maximum Gasteiger partial charge on any atom is 0.348 e. The second-order valence-corrected chi connectivity index (χ2v) is 5.37. The van der Waals surface area contributed by atoms with Crippen LogP contribution in [0.1, 0.15) is 17.0 Å². The van der Waals surface area contributed by atoms with E-state index in [1.807, 2.05) is 0 Å². The fraction of sp³-hybridized carbons (Fsp3) is 0.231. The summed E-state index contributed by atoms with van der Waals surface area (Å²) in [6.07, 6.45) is 0. The second kappa shape index (κ2) is 5.43. The van der Waals surface area contributed by atoms with Crippen LogP contribution in [-0.4, -0.2) is 9.55 Å². The van der Waals surface area contributed by atoms with Crippen molar-refractivity contribution in [2.24, 2.45) is 0 Å². The number of aromatic nitrogens is 2. The molecule has 3 nitrogen and oxygen atoms in total. The van der Waals surface area contributed by atoms with Gasteiger partial charge in [0.05, 0.1) is 16.7 Å². The van der Waals surface area contributed by atoms with E-state index in [4.69, 9.17) is 11.6 Å². The van der Waals surface area contributed by atoms with Gasteiger partial charge in [0, 0.05) is 16.3 Å². The lowest BCUT2D eigenvalue weighted by molar-refractivity contribution is 0.588. The van der Waals surface area contributed by atoms with Crippen molar-refractivity contribution in [3.63, 3.8) is 0 Å². The molecule has 0 bridgehead atoms. The van der Waals surface area contributed by atoms with E-state index in [0.29, 0.717) is 16.4 Å². The van der Waals surface area contributed by atoms with Crippen molar-refractivity contribution in [2.45, 2.75) is 20.4 Å². The van der Waals surface area contributed by atoms with Gasteiger partial charge in [0.2, 0.25) is 0 Å². The highest BCUT2D eigenvalue weighted by molar-refractivity contribution is 9.10. The molecule has 0 aliphatic rings. The zero-order valence-electron chi connectivity index (χ0n) is 10.4. The fourth-order valence-electron chi connectivity index (χ4n) is 1.80. The number of rotatable bonds is 2. The number of benzene rings is 1. The van der Waals surface area contributed by atoms with E-state index in [9.17, 15) is 9.18 Å². The van der Waals surface area contributed by atoms with Gasteiger partial charge in [0.15, 0.2) is 0 Å². The van der Waals surface area contributed by atoms with Crippen LogP contribution < -0.4 is 5.69 Å². The molecule has 0 atom stereocenters. The molecule has 0 aliphatic heterocycles. The molecule has 100 valence electrons. The molecule has 0 saturated heterocycles. The minimum atomic E-state index is -0.435. The summed E-state index contributed by atoms with van der Waals surface area (Å²) in [6, 6.07) is 4.44. The quantitative estimate of drug-likeness (QED) is 0.835. The highest BCUT2D eigenvalue weighted by atomic mass is 79.9. The van der Waals surface area contributed by atoms with Gasteiger partial charge in [-0.25, -0.2) is 9.18 Å². The molecule has 0 unspecified atom stereocenters. The number of hydrogen-bond acceptors (Lipinski definition) is 2. The average molecular weight is 346 g/mol. The van der Waals surface area contributed by atoms with Crippen molar-refractivity contribution in [2.75, 3.05) is 0 Å². The summed E-state index contributed by atoms with van der Waals surface area (Å²) in [4.78, 5) is 15.8. The van der Waals surface area contributed by atoms with Crippen molar-refractivity contribution < 1.29 is 4.39 Å². The molecule has 2 aromatic rings. The zero-order chi connectivity index (χ0) is 14.2. The first-order valence-electron chi connectivity index (χ1n) is 5.58. The van der Waals surface area contributed by atoms with Crippen molar-refractivity contribution >= 4 is 27.5 Å². The molecular weight excluding hydrogens is 335 g/mol. The van der Waals surface area contributed by atoms with E-state index < -0.39 is 11.5 Å². The Hall–Kier alpha value is -1.20. The Labute approximate surface area is 123 Å². The lowest BCUT2D eigenvalue weighted by atomic mass is 10.2. The van der Waals surface area contributed by atoms with Gasteiger partial charge in [-0.1, -0.05) is 17.7 Å². The Bertz CT molecular complexity index is 680. The highest BCUT2D eigenvalue weighted by Crippen LogP contribution is 2.22. The van der Waals surface area contributed by atoms with E-state index in [1.165, 1.54) is 16.7 Å². The van der Waals surface area contributed by atoms with Crippen molar-refractivity contribution in [3.8, 4) is 0 Å². The fourth-order valence-corrected chi connectivity index (χ4v) is 2.33.